The summed E-state index contributed by atoms with van der Waals surface area (Å²) in [6, 6.07) is 0. The first-order chi connectivity index (χ1) is 23.1. The number of carboxylic acid groups (broad SMARTS) is 4. The van der Waals surface area contributed by atoms with E-state index in [0.29, 0.717) is 0 Å². The summed E-state index contributed by atoms with van der Waals surface area (Å²) in [6.45, 7) is 8.76. The van der Waals surface area contributed by atoms with Gasteiger partial charge in [0.15, 0.2) is 0 Å². The normalized spacial score (nSPS) is 9.88. The minimum absolute atomic E-state index is 0. The topological polar surface area (TPSA) is 161 Å². The third-order valence-electron chi connectivity index (χ3n) is 7.94. The van der Waals surface area contributed by atoms with Crippen molar-refractivity contribution in [3.8, 4) is 0 Å². The Morgan fingerprint density at radius 2 is 0.388 bits per heavy atom. The quantitative estimate of drug-likeness (QED) is 0.0628. The van der Waals surface area contributed by atoms with Gasteiger partial charge in [-0.1, -0.05) is 182 Å². The van der Waals surface area contributed by atoms with E-state index in [1.165, 1.54) is 128 Å². The molecular weight excluding hydrogens is 799 g/mol. The van der Waals surface area contributed by atoms with Crippen LogP contribution in [0.5, 0.6) is 0 Å². The molecule has 0 saturated heterocycles. The van der Waals surface area contributed by atoms with E-state index in [9.17, 15) is 39.6 Å². The summed E-state index contributed by atoms with van der Waals surface area (Å²) >= 11 is 0. The van der Waals surface area contributed by atoms with Gasteiger partial charge in [-0.3, -0.25) is 0 Å². The van der Waals surface area contributed by atoms with Crippen LogP contribution in [0.3, 0.4) is 0 Å². The third kappa shape index (κ3) is 77.4. The van der Waals surface area contributed by atoms with Gasteiger partial charge >= 0.3 is 19.8 Å². The number of rotatable bonds is 32. The molecule has 0 aromatic carbocycles. The Kier molecular flexibility index (Phi) is 61.9. The van der Waals surface area contributed by atoms with E-state index in [4.69, 9.17) is 0 Å². The van der Waals surface area contributed by atoms with Gasteiger partial charge in [0.05, 0.1) is 0 Å². The molecule has 8 nitrogen and oxygen atoms in total. The van der Waals surface area contributed by atoms with E-state index in [0.717, 1.165) is 51.4 Å². The summed E-state index contributed by atoms with van der Waals surface area (Å²) in [5.74, 6) is -3.65. The van der Waals surface area contributed by atoms with Gasteiger partial charge in [0.1, 0.15) is 0 Å². The standard InChI is InChI=1S/4C10H20O2.Os/c4*1-2-3-4-5-6-7-8-9-10(11)12;/h4*2-9H2,1H3,(H,11,12);/q;;;;+4/p-4. The van der Waals surface area contributed by atoms with Gasteiger partial charge in [0, 0.05) is 23.9 Å². The molecule has 0 aliphatic rings. The molecule has 0 aliphatic heterocycles. The van der Waals surface area contributed by atoms with Crippen molar-refractivity contribution in [3.63, 3.8) is 0 Å². The fourth-order valence-corrected chi connectivity index (χ4v) is 4.91. The van der Waals surface area contributed by atoms with Crippen molar-refractivity contribution >= 4 is 23.9 Å². The molecule has 0 amide bonds. The van der Waals surface area contributed by atoms with Gasteiger partial charge in [-0.2, -0.15) is 0 Å². The van der Waals surface area contributed by atoms with Crippen molar-refractivity contribution in [1.82, 2.24) is 0 Å². The molecule has 0 aromatic rings. The summed E-state index contributed by atoms with van der Waals surface area (Å²) in [7, 11) is 0. The van der Waals surface area contributed by atoms with Gasteiger partial charge in [0.2, 0.25) is 0 Å². The molecule has 0 bridgehead atoms. The molecule has 0 atom stereocenters. The van der Waals surface area contributed by atoms with Crippen molar-refractivity contribution in [2.75, 3.05) is 0 Å². The van der Waals surface area contributed by atoms with E-state index < -0.39 is 23.9 Å². The summed E-state index contributed by atoms with van der Waals surface area (Å²) in [5.41, 5.74) is 0. The Bertz CT molecular complexity index is 561. The second-order valence-electron chi connectivity index (χ2n) is 13.0. The SMILES string of the molecule is CCCCCCCCCC(=O)[O-].CCCCCCCCCC(=O)[O-].CCCCCCCCCC(=O)[O-].CCCCCCCCCC(=O)[O-].[Os+4]. The number of hydrogen-bond donors (Lipinski definition) is 0. The van der Waals surface area contributed by atoms with Crippen molar-refractivity contribution in [3.05, 3.63) is 0 Å². The number of carbonyl (C=O) groups is 4. The molecule has 0 heterocycles. The van der Waals surface area contributed by atoms with Crippen molar-refractivity contribution in [2.45, 2.75) is 233 Å². The predicted octanol–water partition coefficient (Wildman–Crippen LogP) is 7.51. The molecule has 0 rings (SSSR count). The Labute approximate surface area is 315 Å². The van der Waals surface area contributed by atoms with E-state index in [1.807, 2.05) is 0 Å². The van der Waals surface area contributed by atoms with E-state index in [1.54, 1.807) is 0 Å². The van der Waals surface area contributed by atoms with Gasteiger partial charge in [-0.15, -0.1) is 0 Å². The zero-order valence-corrected chi connectivity index (χ0v) is 34.8. The van der Waals surface area contributed by atoms with Crippen LogP contribution in [0.2, 0.25) is 0 Å². The fourth-order valence-electron chi connectivity index (χ4n) is 4.91. The molecule has 0 unspecified atom stereocenters. The van der Waals surface area contributed by atoms with Crippen LogP contribution in [0, 0.1) is 0 Å². The zero-order chi connectivity index (χ0) is 36.9. The zero-order valence-electron chi connectivity index (χ0n) is 32.2. The van der Waals surface area contributed by atoms with Crippen LogP contribution in [-0.4, -0.2) is 23.9 Å². The molecular formula is C40H76O8Os. The van der Waals surface area contributed by atoms with Crippen LogP contribution in [0.1, 0.15) is 233 Å². The number of unbranched alkanes of at least 4 members (excludes halogenated alkanes) is 24. The van der Waals surface area contributed by atoms with Crippen LogP contribution >= 0.6 is 0 Å². The van der Waals surface area contributed by atoms with Crippen LogP contribution in [0.25, 0.3) is 0 Å². The monoisotopic (exact) mass is 877 g/mol. The van der Waals surface area contributed by atoms with Crippen molar-refractivity contribution in [2.24, 2.45) is 0 Å². The molecule has 0 spiro atoms. The number of carboxylic acids is 4. The number of carbonyl (C=O) groups excluding carboxylic acids is 4. The fraction of sp³-hybridized carbons (Fsp3) is 0.900. The molecule has 0 aliphatic carbocycles. The van der Waals surface area contributed by atoms with E-state index in [-0.39, 0.29) is 45.5 Å². The van der Waals surface area contributed by atoms with E-state index in [2.05, 4.69) is 27.7 Å². The molecule has 0 radical (unpaired) electrons. The average molecular weight is 875 g/mol. The predicted molar refractivity (Wildman–Crippen MR) is 190 cm³/mol. The first kappa shape index (κ1) is 56.9. The Hall–Kier alpha value is -1.48. The maximum absolute atomic E-state index is 10.0. The van der Waals surface area contributed by atoms with Gasteiger partial charge in [0.25, 0.3) is 0 Å². The summed E-state index contributed by atoms with van der Waals surface area (Å²) in [5, 5.41) is 40.1. The maximum Gasteiger partial charge on any atom is 4.00 e. The van der Waals surface area contributed by atoms with Crippen LogP contribution in [-0.2, 0) is 39.0 Å². The molecule has 292 valence electrons. The molecule has 9 heteroatoms. The van der Waals surface area contributed by atoms with E-state index >= 15 is 0 Å². The molecule has 49 heavy (non-hydrogen) atoms. The van der Waals surface area contributed by atoms with Gasteiger partial charge < -0.3 is 39.6 Å². The Morgan fingerprint density at radius 3 is 0.510 bits per heavy atom. The molecule has 0 N–H and O–H groups in total. The first-order valence-corrected chi connectivity index (χ1v) is 19.9. The first-order valence-electron chi connectivity index (χ1n) is 19.9. The van der Waals surface area contributed by atoms with Crippen molar-refractivity contribution < 1.29 is 59.4 Å². The minimum atomic E-state index is -0.913. The Morgan fingerprint density at radius 1 is 0.265 bits per heavy atom. The largest absolute Gasteiger partial charge is 4.00 e. The average Bonchev–Trinajstić information content (AvgIpc) is 3.03. The summed E-state index contributed by atoms with van der Waals surface area (Å²) < 4.78 is 0. The number of aliphatic carboxylic acids is 4. The van der Waals surface area contributed by atoms with Gasteiger partial charge in [-0.25, -0.2) is 0 Å². The van der Waals surface area contributed by atoms with Crippen LogP contribution in [0.4, 0.5) is 0 Å². The van der Waals surface area contributed by atoms with Crippen LogP contribution in [0.15, 0.2) is 0 Å². The summed E-state index contributed by atoms with van der Waals surface area (Å²) in [4.78, 5) is 40.1. The minimum Gasteiger partial charge on any atom is -0.550 e. The van der Waals surface area contributed by atoms with Gasteiger partial charge in [-0.05, 0) is 51.4 Å². The summed E-state index contributed by atoms with van der Waals surface area (Å²) in [6.07, 6.45) is 33.4. The van der Waals surface area contributed by atoms with Crippen molar-refractivity contribution in [1.29, 1.82) is 0 Å². The Balaban J connectivity index is -0.000000174. The molecule has 0 aromatic heterocycles. The van der Waals surface area contributed by atoms with Crippen LogP contribution < -0.4 is 20.4 Å². The number of hydrogen-bond acceptors (Lipinski definition) is 8. The molecule has 0 saturated carbocycles. The second-order valence-corrected chi connectivity index (χ2v) is 13.0. The second kappa shape index (κ2) is 53.3. The third-order valence-corrected chi connectivity index (χ3v) is 7.94. The molecule has 0 fully saturated rings. The smallest absolute Gasteiger partial charge is 0.550 e. The maximum atomic E-state index is 10.0.